The second kappa shape index (κ2) is 8.27. The summed E-state index contributed by atoms with van der Waals surface area (Å²) in [5, 5.41) is 8.33. The summed E-state index contributed by atoms with van der Waals surface area (Å²) in [6.07, 6.45) is 0.0668. The molecule has 0 saturated carbocycles. The fraction of sp³-hybridized carbons (Fsp3) is 0.333. The molecule has 34 heavy (non-hydrogen) atoms. The van der Waals surface area contributed by atoms with Crippen molar-refractivity contribution in [3.05, 3.63) is 71.4 Å². The van der Waals surface area contributed by atoms with Crippen molar-refractivity contribution in [2.75, 3.05) is 6.54 Å². The number of carbonyl (C=O) groups excluding carboxylic acids is 1. The van der Waals surface area contributed by atoms with Crippen LogP contribution in [0.3, 0.4) is 0 Å². The SMILES string of the molecule is Cc1ccc(-n2nccn2)c(C(=O)N2C[C@H](c3nc4cc(C(F)(F)F)ccc4o3)CC[C@H]2C)c1. The van der Waals surface area contributed by atoms with E-state index in [-0.39, 0.29) is 23.4 Å². The summed E-state index contributed by atoms with van der Waals surface area (Å²) in [7, 11) is 0. The van der Waals surface area contributed by atoms with Crippen molar-refractivity contribution < 1.29 is 22.4 Å². The minimum Gasteiger partial charge on any atom is -0.440 e. The van der Waals surface area contributed by atoms with Crippen molar-refractivity contribution in [1.29, 1.82) is 0 Å². The first kappa shape index (κ1) is 22.1. The summed E-state index contributed by atoms with van der Waals surface area (Å²) in [5.74, 6) is -0.0427. The molecule has 10 heteroatoms. The number of hydrogen-bond acceptors (Lipinski definition) is 5. The quantitative estimate of drug-likeness (QED) is 0.415. The molecule has 2 atom stereocenters. The molecule has 3 heterocycles. The molecule has 0 radical (unpaired) electrons. The lowest BCUT2D eigenvalue weighted by atomic mass is 9.92. The zero-order valence-corrected chi connectivity index (χ0v) is 18.6. The molecule has 0 spiro atoms. The van der Waals surface area contributed by atoms with E-state index in [0.717, 1.165) is 17.7 Å². The number of halogens is 3. The maximum atomic E-state index is 13.7. The van der Waals surface area contributed by atoms with Crippen molar-refractivity contribution in [1.82, 2.24) is 24.9 Å². The topological polar surface area (TPSA) is 77.1 Å². The largest absolute Gasteiger partial charge is 0.440 e. The summed E-state index contributed by atoms with van der Waals surface area (Å²) < 4.78 is 45.0. The molecule has 1 aliphatic heterocycles. The van der Waals surface area contributed by atoms with E-state index >= 15 is 0 Å². The fourth-order valence-electron chi connectivity index (χ4n) is 4.38. The van der Waals surface area contributed by atoms with E-state index in [4.69, 9.17) is 4.42 Å². The third-order valence-corrected chi connectivity index (χ3v) is 6.24. The Kier molecular flexibility index (Phi) is 5.38. The highest BCUT2D eigenvalue weighted by molar-refractivity contribution is 5.98. The lowest BCUT2D eigenvalue weighted by Gasteiger charge is -2.37. The lowest BCUT2D eigenvalue weighted by Crippen LogP contribution is -2.45. The maximum absolute atomic E-state index is 13.7. The van der Waals surface area contributed by atoms with Crippen molar-refractivity contribution in [3.63, 3.8) is 0 Å². The monoisotopic (exact) mass is 469 g/mol. The van der Waals surface area contributed by atoms with Gasteiger partial charge in [0.2, 0.25) is 0 Å². The molecule has 176 valence electrons. The Balaban J connectivity index is 1.45. The first-order valence-electron chi connectivity index (χ1n) is 11.0. The van der Waals surface area contributed by atoms with E-state index in [9.17, 15) is 18.0 Å². The van der Waals surface area contributed by atoms with E-state index in [1.54, 1.807) is 17.3 Å². The molecule has 0 N–H and O–H groups in total. The lowest BCUT2D eigenvalue weighted by molar-refractivity contribution is -0.137. The van der Waals surface area contributed by atoms with Gasteiger partial charge in [0.15, 0.2) is 11.5 Å². The average molecular weight is 469 g/mol. The van der Waals surface area contributed by atoms with E-state index in [2.05, 4.69) is 15.2 Å². The molecule has 7 nitrogen and oxygen atoms in total. The van der Waals surface area contributed by atoms with Crippen LogP contribution in [0.15, 0.2) is 53.2 Å². The standard InChI is InChI=1S/C24H22F3N5O2/c1-14-3-7-20(32-28-9-10-29-32)18(11-14)23(33)31-13-16(5-4-15(31)2)22-30-19-12-17(24(25,26)27)6-8-21(19)34-22/h3,6-12,15-16H,4-5,13H2,1-2H3/t15-,16-/m1/s1. The number of rotatable bonds is 3. The van der Waals surface area contributed by atoms with Crippen LogP contribution >= 0.6 is 0 Å². The Morgan fingerprint density at radius 2 is 1.85 bits per heavy atom. The number of piperidine rings is 1. The van der Waals surface area contributed by atoms with Gasteiger partial charge in [0.05, 0.1) is 35.1 Å². The highest BCUT2D eigenvalue weighted by atomic mass is 19.4. The minimum atomic E-state index is -4.45. The minimum absolute atomic E-state index is 0.0242. The van der Waals surface area contributed by atoms with Gasteiger partial charge in [-0.2, -0.15) is 28.2 Å². The number of aryl methyl sites for hydroxylation is 1. The van der Waals surface area contributed by atoms with Crippen LogP contribution in [-0.4, -0.2) is 43.4 Å². The normalized spacial score (nSPS) is 19.0. The van der Waals surface area contributed by atoms with Gasteiger partial charge >= 0.3 is 6.18 Å². The van der Waals surface area contributed by atoms with E-state index in [1.807, 2.05) is 32.0 Å². The van der Waals surface area contributed by atoms with Crippen LogP contribution in [0, 0.1) is 6.92 Å². The van der Waals surface area contributed by atoms with Crippen LogP contribution in [-0.2, 0) is 6.18 Å². The van der Waals surface area contributed by atoms with Crippen molar-refractivity contribution in [3.8, 4) is 5.69 Å². The predicted molar refractivity (Wildman–Crippen MR) is 118 cm³/mol. The Morgan fingerprint density at radius 1 is 1.09 bits per heavy atom. The molecule has 0 bridgehead atoms. The number of aromatic nitrogens is 4. The number of fused-ring (bicyclic) bond motifs is 1. The van der Waals surface area contributed by atoms with Crippen LogP contribution in [0.1, 0.15) is 53.1 Å². The van der Waals surface area contributed by atoms with Crippen molar-refractivity contribution >= 4 is 17.0 Å². The van der Waals surface area contributed by atoms with Gasteiger partial charge in [-0.25, -0.2) is 4.98 Å². The fourth-order valence-corrected chi connectivity index (χ4v) is 4.38. The molecule has 1 fully saturated rings. The molecular formula is C24H22F3N5O2. The third-order valence-electron chi connectivity index (χ3n) is 6.24. The number of benzene rings is 2. The predicted octanol–water partition coefficient (Wildman–Crippen LogP) is 5.14. The number of alkyl halides is 3. The molecule has 4 aromatic rings. The number of nitrogens with zero attached hydrogens (tertiary/aromatic N) is 5. The Bertz CT molecular complexity index is 1350. The first-order valence-corrected chi connectivity index (χ1v) is 11.0. The number of likely N-dealkylation sites (tertiary alicyclic amines) is 1. The van der Waals surface area contributed by atoms with Gasteiger partial charge in [0.25, 0.3) is 5.91 Å². The number of carbonyl (C=O) groups is 1. The van der Waals surface area contributed by atoms with Gasteiger partial charge in [0, 0.05) is 12.6 Å². The number of hydrogen-bond donors (Lipinski definition) is 0. The van der Waals surface area contributed by atoms with E-state index in [0.29, 0.717) is 42.1 Å². The Labute approximate surface area is 193 Å². The Hall–Kier alpha value is -3.69. The van der Waals surface area contributed by atoms with Gasteiger partial charge in [-0.1, -0.05) is 11.6 Å². The van der Waals surface area contributed by atoms with Crippen molar-refractivity contribution in [2.45, 2.75) is 44.8 Å². The summed E-state index contributed by atoms with van der Waals surface area (Å²) in [5.41, 5.74) is 1.68. The molecule has 2 aromatic heterocycles. The third kappa shape index (κ3) is 4.04. The highest BCUT2D eigenvalue weighted by Gasteiger charge is 2.35. The second-order valence-corrected chi connectivity index (χ2v) is 8.65. The van der Waals surface area contributed by atoms with E-state index in [1.165, 1.54) is 10.9 Å². The smallest absolute Gasteiger partial charge is 0.416 e. The Morgan fingerprint density at radius 3 is 2.59 bits per heavy atom. The van der Waals surface area contributed by atoms with Crippen LogP contribution in [0.5, 0.6) is 0 Å². The molecule has 0 aliphatic carbocycles. The van der Waals surface area contributed by atoms with Crippen LogP contribution in [0.2, 0.25) is 0 Å². The molecule has 0 unspecified atom stereocenters. The summed E-state index contributed by atoms with van der Waals surface area (Å²) in [6.45, 7) is 4.24. The maximum Gasteiger partial charge on any atom is 0.416 e. The van der Waals surface area contributed by atoms with Crippen molar-refractivity contribution in [2.24, 2.45) is 0 Å². The molecule has 1 saturated heterocycles. The number of oxazole rings is 1. The summed E-state index contributed by atoms with van der Waals surface area (Å²) in [6, 6.07) is 8.77. The summed E-state index contributed by atoms with van der Waals surface area (Å²) >= 11 is 0. The van der Waals surface area contributed by atoms with Gasteiger partial charge in [-0.15, -0.1) is 0 Å². The zero-order valence-electron chi connectivity index (χ0n) is 18.6. The van der Waals surface area contributed by atoms with Gasteiger partial charge in [-0.05, 0) is 57.0 Å². The molecule has 5 rings (SSSR count). The van der Waals surface area contributed by atoms with Crippen LogP contribution in [0.4, 0.5) is 13.2 Å². The molecular weight excluding hydrogens is 447 g/mol. The van der Waals surface area contributed by atoms with Gasteiger partial charge in [-0.3, -0.25) is 4.79 Å². The molecule has 2 aromatic carbocycles. The van der Waals surface area contributed by atoms with Gasteiger partial charge in [0.1, 0.15) is 5.52 Å². The van der Waals surface area contributed by atoms with Gasteiger partial charge < -0.3 is 9.32 Å². The summed E-state index contributed by atoms with van der Waals surface area (Å²) in [4.78, 5) is 21.2. The second-order valence-electron chi connectivity index (χ2n) is 8.65. The zero-order chi connectivity index (χ0) is 24.0. The highest BCUT2D eigenvalue weighted by Crippen LogP contribution is 2.35. The average Bonchev–Trinajstić information content (AvgIpc) is 3.48. The number of amides is 1. The van der Waals surface area contributed by atoms with E-state index < -0.39 is 11.7 Å². The van der Waals surface area contributed by atoms with Crippen LogP contribution in [0.25, 0.3) is 16.8 Å². The molecule has 1 aliphatic rings. The van der Waals surface area contributed by atoms with Crippen LogP contribution < -0.4 is 0 Å². The first-order chi connectivity index (χ1) is 16.2. The molecule has 1 amide bonds.